The van der Waals surface area contributed by atoms with Gasteiger partial charge < -0.3 is 0 Å². The Labute approximate surface area is 96.3 Å². The minimum absolute atomic E-state index is 0.181. The first kappa shape index (κ1) is 11.1. The van der Waals surface area contributed by atoms with Gasteiger partial charge in [-0.25, -0.2) is 9.67 Å². The summed E-state index contributed by atoms with van der Waals surface area (Å²) in [6.07, 6.45) is 6.70. The molecule has 0 unspecified atom stereocenters. The first-order valence-electron chi connectivity index (χ1n) is 5.96. The predicted octanol–water partition coefficient (Wildman–Crippen LogP) is 2.49. The predicted molar refractivity (Wildman–Crippen MR) is 60.6 cm³/mol. The Bertz CT molecular complexity index is 393. The zero-order valence-corrected chi connectivity index (χ0v) is 9.98. The highest BCUT2D eigenvalue weighted by molar-refractivity contribution is 5.08. The van der Waals surface area contributed by atoms with Gasteiger partial charge in [-0.05, 0) is 26.7 Å². The van der Waals surface area contributed by atoms with Gasteiger partial charge in [0.15, 0.2) is 0 Å². The molecule has 0 saturated heterocycles. The van der Waals surface area contributed by atoms with Gasteiger partial charge in [0.05, 0.1) is 11.5 Å². The molecule has 0 aliphatic heterocycles. The van der Waals surface area contributed by atoms with E-state index >= 15 is 0 Å². The van der Waals surface area contributed by atoms with Gasteiger partial charge in [-0.3, -0.25) is 0 Å². The topological polar surface area (TPSA) is 54.5 Å². The number of nitrogens with zero attached hydrogens (tertiary/aromatic N) is 4. The lowest BCUT2D eigenvalue weighted by Gasteiger charge is -2.20. The maximum absolute atomic E-state index is 9.34. The summed E-state index contributed by atoms with van der Waals surface area (Å²) in [7, 11) is 0. The van der Waals surface area contributed by atoms with Crippen molar-refractivity contribution in [2.45, 2.75) is 52.0 Å². The Balaban J connectivity index is 2.20. The standard InChI is InChI=1S/C12H18N4/c1-10(2)16-11(14-9-15-16)7-12(8-13)5-3-4-6-12/h9-10H,3-7H2,1-2H3. The van der Waals surface area contributed by atoms with Gasteiger partial charge in [-0.15, -0.1) is 0 Å². The largest absolute Gasteiger partial charge is 0.248 e. The average Bonchev–Trinajstić information content (AvgIpc) is 2.88. The number of nitriles is 1. The molecule has 0 bridgehead atoms. The first-order valence-corrected chi connectivity index (χ1v) is 5.96. The van der Waals surface area contributed by atoms with E-state index in [1.165, 1.54) is 12.8 Å². The normalized spacial score (nSPS) is 18.9. The molecular weight excluding hydrogens is 200 g/mol. The molecule has 1 heterocycles. The number of aromatic nitrogens is 3. The van der Waals surface area contributed by atoms with Gasteiger partial charge in [0.2, 0.25) is 0 Å². The smallest absolute Gasteiger partial charge is 0.138 e. The Morgan fingerprint density at radius 2 is 2.19 bits per heavy atom. The Hall–Kier alpha value is -1.37. The highest BCUT2D eigenvalue weighted by atomic mass is 15.3. The average molecular weight is 218 g/mol. The van der Waals surface area contributed by atoms with Gasteiger partial charge in [0.1, 0.15) is 12.2 Å². The fourth-order valence-electron chi connectivity index (χ4n) is 2.51. The molecule has 1 aliphatic carbocycles. The molecule has 4 heteroatoms. The molecule has 0 atom stereocenters. The zero-order chi connectivity index (χ0) is 11.6. The molecule has 2 rings (SSSR count). The van der Waals surface area contributed by atoms with E-state index in [-0.39, 0.29) is 5.41 Å². The summed E-state index contributed by atoms with van der Waals surface area (Å²) in [5.74, 6) is 0.957. The number of hydrogen-bond acceptors (Lipinski definition) is 3. The minimum atomic E-state index is -0.181. The van der Waals surface area contributed by atoms with Crippen LogP contribution in [0.15, 0.2) is 6.33 Å². The van der Waals surface area contributed by atoms with Crippen LogP contribution >= 0.6 is 0 Å². The summed E-state index contributed by atoms with van der Waals surface area (Å²) in [5, 5.41) is 13.6. The van der Waals surface area contributed by atoms with E-state index in [0.717, 1.165) is 25.1 Å². The third kappa shape index (κ3) is 1.95. The molecule has 86 valence electrons. The van der Waals surface area contributed by atoms with Crippen LogP contribution in [0.5, 0.6) is 0 Å². The molecular formula is C12H18N4. The van der Waals surface area contributed by atoms with Crippen LogP contribution in [-0.2, 0) is 6.42 Å². The molecule has 0 spiro atoms. The summed E-state index contributed by atoms with van der Waals surface area (Å²) < 4.78 is 1.93. The third-order valence-corrected chi connectivity index (χ3v) is 3.43. The van der Waals surface area contributed by atoms with Gasteiger partial charge in [0, 0.05) is 12.5 Å². The molecule has 0 radical (unpaired) electrons. The second-order valence-corrected chi connectivity index (χ2v) is 4.99. The van der Waals surface area contributed by atoms with Crippen molar-refractivity contribution >= 4 is 0 Å². The summed E-state index contributed by atoms with van der Waals surface area (Å²) in [6, 6.07) is 2.82. The van der Waals surface area contributed by atoms with Crippen LogP contribution in [0.4, 0.5) is 0 Å². The number of hydrogen-bond donors (Lipinski definition) is 0. The molecule has 0 N–H and O–H groups in total. The molecule has 0 amide bonds. The van der Waals surface area contributed by atoms with Crippen molar-refractivity contribution < 1.29 is 0 Å². The van der Waals surface area contributed by atoms with Crippen LogP contribution in [0.2, 0.25) is 0 Å². The molecule has 1 aliphatic rings. The van der Waals surface area contributed by atoms with Crippen LogP contribution in [0.3, 0.4) is 0 Å². The summed E-state index contributed by atoms with van der Waals surface area (Å²) in [6.45, 7) is 4.18. The van der Waals surface area contributed by atoms with Crippen molar-refractivity contribution in [3.8, 4) is 6.07 Å². The van der Waals surface area contributed by atoms with Crippen molar-refractivity contribution in [3.63, 3.8) is 0 Å². The van der Waals surface area contributed by atoms with Crippen molar-refractivity contribution in [2.24, 2.45) is 5.41 Å². The summed E-state index contributed by atoms with van der Waals surface area (Å²) >= 11 is 0. The molecule has 1 fully saturated rings. The van der Waals surface area contributed by atoms with E-state index in [4.69, 9.17) is 0 Å². The SMILES string of the molecule is CC(C)n1ncnc1CC1(C#N)CCCC1. The van der Waals surface area contributed by atoms with Crippen LogP contribution in [0, 0.1) is 16.7 Å². The highest BCUT2D eigenvalue weighted by Crippen LogP contribution is 2.40. The molecule has 1 saturated carbocycles. The van der Waals surface area contributed by atoms with E-state index in [1.54, 1.807) is 6.33 Å². The van der Waals surface area contributed by atoms with E-state index in [2.05, 4.69) is 30.0 Å². The first-order chi connectivity index (χ1) is 7.67. The van der Waals surface area contributed by atoms with Crippen molar-refractivity contribution in [1.29, 1.82) is 5.26 Å². The summed E-state index contributed by atoms with van der Waals surface area (Å²) in [4.78, 5) is 4.29. The van der Waals surface area contributed by atoms with Crippen molar-refractivity contribution in [2.75, 3.05) is 0 Å². The van der Waals surface area contributed by atoms with E-state index in [0.29, 0.717) is 6.04 Å². The van der Waals surface area contributed by atoms with Crippen molar-refractivity contribution in [1.82, 2.24) is 14.8 Å². The second kappa shape index (κ2) is 4.25. The highest BCUT2D eigenvalue weighted by Gasteiger charge is 2.35. The van der Waals surface area contributed by atoms with Crippen LogP contribution < -0.4 is 0 Å². The van der Waals surface area contributed by atoms with Crippen LogP contribution in [0.25, 0.3) is 0 Å². The summed E-state index contributed by atoms with van der Waals surface area (Å²) in [5.41, 5.74) is -0.181. The molecule has 1 aromatic rings. The van der Waals surface area contributed by atoms with Crippen LogP contribution in [0.1, 0.15) is 51.4 Å². The van der Waals surface area contributed by atoms with Crippen LogP contribution in [-0.4, -0.2) is 14.8 Å². The maximum Gasteiger partial charge on any atom is 0.138 e. The van der Waals surface area contributed by atoms with Gasteiger partial charge in [0.25, 0.3) is 0 Å². The van der Waals surface area contributed by atoms with E-state index in [9.17, 15) is 5.26 Å². The quantitative estimate of drug-likeness (QED) is 0.783. The lowest BCUT2D eigenvalue weighted by molar-refractivity contribution is 0.377. The lowest BCUT2D eigenvalue weighted by Crippen LogP contribution is -2.21. The fourth-order valence-corrected chi connectivity index (χ4v) is 2.51. The van der Waals surface area contributed by atoms with Crippen molar-refractivity contribution in [3.05, 3.63) is 12.2 Å². The van der Waals surface area contributed by atoms with Gasteiger partial charge in [-0.1, -0.05) is 12.8 Å². The molecule has 0 aromatic carbocycles. The Morgan fingerprint density at radius 1 is 1.50 bits per heavy atom. The van der Waals surface area contributed by atoms with Gasteiger partial charge in [-0.2, -0.15) is 10.4 Å². The van der Waals surface area contributed by atoms with E-state index in [1.807, 2.05) is 4.68 Å². The van der Waals surface area contributed by atoms with E-state index < -0.39 is 0 Å². The molecule has 4 nitrogen and oxygen atoms in total. The monoisotopic (exact) mass is 218 g/mol. The zero-order valence-electron chi connectivity index (χ0n) is 9.98. The Morgan fingerprint density at radius 3 is 2.75 bits per heavy atom. The van der Waals surface area contributed by atoms with Gasteiger partial charge >= 0.3 is 0 Å². The second-order valence-electron chi connectivity index (χ2n) is 4.99. The third-order valence-electron chi connectivity index (χ3n) is 3.43. The fraction of sp³-hybridized carbons (Fsp3) is 0.750. The minimum Gasteiger partial charge on any atom is -0.248 e. The lowest BCUT2D eigenvalue weighted by atomic mass is 9.84. The number of rotatable bonds is 3. The Kier molecular flexibility index (Phi) is 2.95. The maximum atomic E-state index is 9.34. The molecule has 1 aromatic heterocycles. The molecule has 16 heavy (non-hydrogen) atoms.